The number of fused-ring (bicyclic) bond motifs is 1. The summed E-state index contributed by atoms with van der Waals surface area (Å²) in [6.07, 6.45) is 0.981. The minimum Gasteiger partial charge on any atom is -0.369 e. The zero-order chi connectivity index (χ0) is 13.4. The average molecular weight is 255 g/mol. The fraction of sp³-hybridized carbons (Fsp3) is 0.133. The van der Waals surface area contributed by atoms with Crippen molar-refractivity contribution in [2.75, 3.05) is 5.73 Å². The molecular formula is C15H14FN3. The van der Waals surface area contributed by atoms with Gasteiger partial charge in [-0.25, -0.2) is 9.37 Å². The van der Waals surface area contributed by atoms with Crippen LogP contribution in [0.3, 0.4) is 0 Å². The highest BCUT2D eigenvalue weighted by Gasteiger charge is 2.10. The van der Waals surface area contributed by atoms with Crippen LogP contribution in [0, 0.1) is 5.82 Å². The molecule has 1 heterocycles. The normalized spacial score (nSPS) is 11.1. The average Bonchev–Trinajstić information content (AvgIpc) is 2.74. The maximum atomic E-state index is 13.4. The van der Waals surface area contributed by atoms with Crippen molar-refractivity contribution in [1.82, 2.24) is 9.55 Å². The zero-order valence-electron chi connectivity index (χ0n) is 10.6. The molecule has 1 aromatic heterocycles. The van der Waals surface area contributed by atoms with Crippen LogP contribution in [0.4, 0.5) is 10.3 Å². The molecule has 0 bridgehead atoms. The van der Waals surface area contributed by atoms with Gasteiger partial charge in [-0.05, 0) is 36.2 Å². The lowest BCUT2D eigenvalue weighted by molar-refractivity contribution is 0.629. The number of nitrogen functional groups attached to an aromatic ring is 1. The molecule has 0 fully saturated rings. The fourth-order valence-corrected chi connectivity index (χ4v) is 2.22. The van der Waals surface area contributed by atoms with Crippen LogP contribution in [0.15, 0.2) is 42.5 Å². The molecule has 0 spiro atoms. The van der Waals surface area contributed by atoms with E-state index in [0.717, 1.165) is 12.1 Å². The Labute approximate surface area is 110 Å². The summed E-state index contributed by atoms with van der Waals surface area (Å²) in [4.78, 5) is 4.25. The third-order valence-corrected chi connectivity index (χ3v) is 3.25. The Morgan fingerprint density at radius 3 is 2.58 bits per heavy atom. The number of imidazole rings is 1. The summed E-state index contributed by atoms with van der Waals surface area (Å²) in [5, 5.41) is 0. The lowest BCUT2D eigenvalue weighted by atomic mass is 10.1. The fourth-order valence-electron chi connectivity index (χ4n) is 2.22. The number of nitrogens with two attached hydrogens (primary N) is 1. The smallest absolute Gasteiger partial charge is 0.205 e. The molecule has 2 aromatic carbocycles. The van der Waals surface area contributed by atoms with Crippen molar-refractivity contribution in [2.45, 2.75) is 13.3 Å². The Morgan fingerprint density at radius 2 is 1.89 bits per heavy atom. The molecule has 0 aliphatic rings. The van der Waals surface area contributed by atoms with Crippen molar-refractivity contribution >= 4 is 17.0 Å². The Morgan fingerprint density at radius 1 is 1.16 bits per heavy atom. The second-order valence-corrected chi connectivity index (χ2v) is 4.46. The summed E-state index contributed by atoms with van der Waals surface area (Å²) in [7, 11) is 0. The predicted molar refractivity (Wildman–Crippen MR) is 74.8 cm³/mol. The van der Waals surface area contributed by atoms with E-state index < -0.39 is 0 Å². The molecule has 3 rings (SSSR count). The van der Waals surface area contributed by atoms with Gasteiger partial charge in [0.15, 0.2) is 0 Å². The van der Waals surface area contributed by atoms with Crippen LogP contribution >= 0.6 is 0 Å². The summed E-state index contributed by atoms with van der Waals surface area (Å²) < 4.78 is 15.1. The Bertz CT molecular complexity index is 729. The summed E-state index contributed by atoms with van der Waals surface area (Å²) in [6.45, 7) is 2.10. The van der Waals surface area contributed by atoms with E-state index in [9.17, 15) is 4.39 Å². The maximum Gasteiger partial charge on any atom is 0.205 e. The number of benzene rings is 2. The van der Waals surface area contributed by atoms with Gasteiger partial charge < -0.3 is 5.73 Å². The molecule has 0 saturated carbocycles. The molecule has 3 nitrogen and oxygen atoms in total. The standard InChI is InChI=1S/C15H14FN3/c1-2-10-3-6-12(7-4-10)19-14-9-11(16)5-8-13(14)18-15(19)17/h3-9H,2H2,1H3,(H2,17,18). The van der Waals surface area contributed by atoms with Crippen LogP contribution < -0.4 is 5.73 Å². The topological polar surface area (TPSA) is 43.8 Å². The molecule has 0 saturated heterocycles. The highest BCUT2D eigenvalue weighted by molar-refractivity contribution is 5.80. The van der Waals surface area contributed by atoms with Crippen LogP contribution in [0.5, 0.6) is 0 Å². The van der Waals surface area contributed by atoms with Crippen molar-refractivity contribution < 1.29 is 4.39 Å². The van der Waals surface area contributed by atoms with Crippen molar-refractivity contribution in [3.05, 3.63) is 53.8 Å². The van der Waals surface area contributed by atoms with Crippen molar-refractivity contribution in [1.29, 1.82) is 0 Å². The number of hydrogen-bond donors (Lipinski definition) is 1. The lowest BCUT2D eigenvalue weighted by Gasteiger charge is -2.07. The van der Waals surface area contributed by atoms with Crippen molar-refractivity contribution in [3.8, 4) is 5.69 Å². The second-order valence-electron chi connectivity index (χ2n) is 4.46. The summed E-state index contributed by atoms with van der Waals surface area (Å²) in [5.74, 6) is 0.0728. The molecule has 0 unspecified atom stereocenters. The van der Waals surface area contributed by atoms with Crippen molar-refractivity contribution in [2.24, 2.45) is 0 Å². The molecule has 0 radical (unpaired) electrons. The van der Waals surface area contributed by atoms with Gasteiger partial charge in [0.2, 0.25) is 5.95 Å². The Kier molecular flexibility index (Phi) is 2.71. The minimum absolute atomic E-state index is 0.293. The molecule has 0 aliphatic heterocycles. The lowest BCUT2D eigenvalue weighted by Crippen LogP contribution is -2.00. The first-order valence-corrected chi connectivity index (χ1v) is 6.22. The van der Waals surface area contributed by atoms with Crippen LogP contribution in [-0.2, 0) is 6.42 Å². The zero-order valence-corrected chi connectivity index (χ0v) is 10.6. The van der Waals surface area contributed by atoms with Gasteiger partial charge in [0, 0.05) is 11.8 Å². The van der Waals surface area contributed by atoms with Gasteiger partial charge in [-0.2, -0.15) is 0 Å². The van der Waals surface area contributed by atoms with Gasteiger partial charge in [-0.3, -0.25) is 4.57 Å². The molecule has 19 heavy (non-hydrogen) atoms. The van der Waals surface area contributed by atoms with Crippen LogP contribution in [0.25, 0.3) is 16.7 Å². The second kappa shape index (κ2) is 4.39. The third-order valence-electron chi connectivity index (χ3n) is 3.25. The van der Waals surface area contributed by atoms with E-state index in [-0.39, 0.29) is 5.82 Å². The first kappa shape index (κ1) is 11.7. The van der Waals surface area contributed by atoms with Gasteiger partial charge in [0.1, 0.15) is 5.82 Å². The monoisotopic (exact) mass is 255 g/mol. The molecule has 0 atom stereocenters. The molecule has 2 N–H and O–H groups in total. The van der Waals surface area contributed by atoms with E-state index in [0.29, 0.717) is 17.0 Å². The van der Waals surface area contributed by atoms with E-state index in [1.54, 1.807) is 10.6 Å². The quantitative estimate of drug-likeness (QED) is 0.763. The van der Waals surface area contributed by atoms with E-state index in [2.05, 4.69) is 11.9 Å². The van der Waals surface area contributed by atoms with Gasteiger partial charge in [-0.15, -0.1) is 0 Å². The number of nitrogens with zero attached hydrogens (tertiary/aromatic N) is 2. The molecular weight excluding hydrogens is 241 g/mol. The summed E-state index contributed by atoms with van der Waals surface area (Å²) in [6, 6.07) is 12.5. The van der Waals surface area contributed by atoms with E-state index in [1.165, 1.54) is 17.7 Å². The molecule has 0 aliphatic carbocycles. The predicted octanol–water partition coefficient (Wildman–Crippen LogP) is 3.31. The van der Waals surface area contributed by atoms with Crippen LogP contribution in [-0.4, -0.2) is 9.55 Å². The number of rotatable bonds is 2. The molecule has 3 aromatic rings. The van der Waals surface area contributed by atoms with E-state index in [4.69, 9.17) is 5.73 Å². The van der Waals surface area contributed by atoms with Crippen molar-refractivity contribution in [3.63, 3.8) is 0 Å². The Hall–Kier alpha value is -2.36. The Balaban J connectivity index is 2.22. The highest BCUT2D eigenvalue weighted by atomic mass is 19.1. The molecule has 4 heteroatoms. The minimum atomic E-state index is -0.293. The van der Waals surface area contributed by atoms with E-state index >= 15 is 0 Å². The van der Waals surface area contributed by atoms with Gasteiger partial charge >= 0.3 is 0 Å². The first-order chi connectivity index (χ1) is 9.19. The van der Waals surface area contributed by atoms with Gasteiger partial charge in [0.25, 0.3) is 0 Å². The van der Waals surface area contributed by atoms with Crippen LogP contribution in [0.1, 0.15) is 12.5 Å². The number of anilines is 1. The molecule has 0 amide bonds. The molecule has 96 valence electrons. The third kappa shape index (κ3) is 1.95. The SMILES string of the molecule is CCc1ccc(-n2c(N)nc3ccc(F)cc32)cc1. The first-order valence-electron chi connectivity index (χ1n) is 6.22. The van der Waals surface area contributed by atoms with Crippen LogP contribution in [0.2, 0.25) is 0 Å². The van der Waals surface area contributed by atoms with E-state index in [1.807, 2.05) is 24.3 Å². The number of halogens is 1. The maximum absolute atomic E-state index is 13.4. The number of aryl methyl sites for hydroxylation is 1. The summed E-state index contributed by atoms with van der Waals surface area (Å²) in [5.41, 5.74) is 9.45. The number of hydrogen-bond acceptors (Lipinski definition) is 2. The largest absolute Gasteiger partial charge is 0.369 e. The number of aromatic nitrogens is 2. The van der Waals surface area contributed by atoms with Gasteiger partial charge in [-0.1, -0.05) is 19.1 Å². The summed E-state index contributed by atoms with van der Waals surface area (Å²) >= 11 is 0. The highest BCUT2D eigenvalue weighted by Crippen LogP contribution is 2.24. The van der Waals surface area contributed by atoms with Gasteiger partial charge in [0.05, 0.1) is 11.0 Å².